The molecule has 0 aromatic heterocycles. The second-order valence-corrected chi connectivity index (χ2v) is 9.34. The van der Waals surface area contributed by atoms with E-state index in [-0.39, 0.29) is 0 Å². The first-order valence-electron chi connectivity index (χ1n) is 12.3. The van der Waals surface area contributed by atoms with Crippen molar-refractivity contribution >= 4 is 6.08 Å². The lowest BCUT2D eigenvalue weighted by Gasteiger charge is -2.31. The molecule has 3 nitrogen and oxygen atoms in total. The summed E-state index contributed by atoms with van der Waals surface area (Å²) in [6.45, 7) is 11.7. The van der Waals surface area contributed by atoms with E-state index in [9.17, 15) is 0 Å². The number of hydrogen-bond donors (Lipinski definition) is 1. The highest BCUT2D eigenvalue weighted by Gasteiger charge is 2.17. The third-order valence-corrected chi connectivity index (χ3v) is 6.93. The third kappa shape index (κ3) is 6.77. The van der Waals surface area contributed by atoms with E-state index in [1.165, 1.54) is 75.1 Å². The monoisotopic (exact) mass is 417 g/mol. The predicted molar refractivity (Wildman–Crippen MR) is 132 cm³/mol. The van der Waals surface area contributed by atoms with Crippen LogP contribution in [0.4, 0.5) is 0 Å². The van der Waals surface area contributed by atoms with Crippen LogP contribution in [0.5, 0.6) is 0 Å². The van der Waals surface area contributed by atoms with Crippen LogP contribution in [-0.2, 0) is 6.54 Å². The molecule has 166 valence electrons. The fourth-order valence-corrected chi connectivity index (χ4v) is 4.96. The maximum absolute atomic E-state index is 3.67. The molecule has 4 rings (SSSR count). The van der Waals surface area contributed by atoms with E-state index in [2.05, 4.69) is 82.7 Å². The van der Waals surface area contributed by atoms with Gasteiger partial charge in [0.15, 0.2) is 0 Å². The summed E-state index contributed by atoms with van der Waals surface area (Å²) in [5, 5.41) is 3.67. The molecule has 2 aliphatic rings. The van der Waals surface area contributed by atoms with Gasteiger partial charge in [-0.2, -0.15) is 0 Å². The first-order chi connectivity index (χ1) is 15.3. The molecule has 31 heavy (non-hydrogen) atoms. The van der Waals surface area contributed by atoms with Gasteiger partial charge < -0.3 is 15.1 Å². The quantitative estimate of drug-likeness (QED) is 0.569. The van der Waals surface area contributed by atoms with Crippen molar-refractivity contribution in [3.8, 4) is 0 Å². The first-order valence-corrected chi connectivity index (χ1v) is 12.3. The van der Waals surface area contributed by atoms with Gasteiger partial charge in [-0.1, -0.05) is 73.2 Å². The molecule has 0 amide bonds. The van der Waals surface area contributed by atoms with Gasteiger partial charge in [-0.25, -0.2) is 0 Å². The molecule has 0 spiro atoms. The number of benzene rings is 2. The van der Waals surface area contributed by atoms with Crippen LogP contribution in [0.1, 0.15) is 55.2 Å². The van der Waals surface area contributed by atoms with Gasteiger partial charge in [0.1, 0.15) is 0 Å². The summed E-state index contributed by atoms with van der Waals surface area (Å²) in [4.78, 5) is 5.22. The average Bonchev–Trinajstić information content (AvgIpc) is 3.33. The lowest BCUT2D eigenvalue weighted by atomic mass is 9.96. The van der Waals surface area contributed by atoms with Crippen LogP contribution < -0.4 is 5.32 Å². The largest absolute Gasteiger partial charge is 0.311 e. The van der Waals surface area contributed by atoms with Gasteiger partial charge in [-0.05, 0) is 61.4 Å². The van der Waals surface area contributed by atoms with E-state index in [4.69, 9.17) is 0 Å². The van der Waals surface area contributed by atoms with Gasteiger partial charge in [0.2, 0.25) is 0 Å². The van der Waals surface area contributed by atoms with E-state index in [0.717, 1.165) is 19.6 Å². The van der Waals surface area contributed by atoms with Crippen LogP contribution in [-0.4, -0.2) is 55.6 Å². The topological polar surface area (TPSA) is 18.5 Å². The minimum Gasteiger partial charge on any atom is -0.311 e. The van der Waals surface area contributed by atoms with Crippen molar-refractivity contribution < 1.29 is 0 Å². The first kappa shape index (κ1) is 22.3. The fourth-order valence-electron chi connectivity index (χ4n) is 4.96. The molecule has 1 atom stereocenters. The highest BCUT2D eigenvalue weighted by molar-refractivity contribution is 5.57. The minimum atomic E-state index is 0.596. The van der Waals surface area contributed by atoms with E-state index < -0.39 is 0 Å². The fraction of sp³-hybridized carbons (Fsp3) is 0.500. The van der Waals surface area contributed by atoms with Crippen LogP contribution in [0.15, 0.2) is 60.2 Å². The molecule has 2 aliphatic heterocycles. The molecule has 2 fully saturated rings. The molecule has 3 heteroatoms. The van der Waals surface area contributed by atoms with Gasteiger partial charge in [-0.15, -0.1) is 0 Å². The van der Waals surface area contributed by atoms with Crippen molar-refractivity contribution in [1.29, 1.82) is 0 Å². The van der Waals surface area contributed by atoms with E-state index in [1.807, 2.05) is 0 Å². The van der Waals surface area contributed by atoms with E-state index in [1.54, 1.807) is 5.57 Å². The summed E-state index contributed by atoms with van der Waals surface area (Å²) in [6, 6.07) is 19.9. The lowest BCUT2D eigenvalue weighted by molar-refractivity contribution is 0.245. The van der Waals surface area contributed by atoms with Gasteiger partial charge in [0.05, 0.1) is 0 Å². The van der Waals surface area contributed by atoms with Crippen molar-refractivity contribution in [2.24, 2.45) is 0 Å². The molecule has 0 saturated carbocycles. The molecular formula is C28H39N3. The standard InChI is InChI=1S/C28H39N3/c1-24(26-9-3-2-4-10-26)23-31-18-13-25(14-19-31)21-27-11-5-6-12-28(27)22-29-15-20-30-16-7-8-17-30/h2-6,9-12,21,24,29H,7-8,13-20,22-23H2,1H3. The molecule has 0 aliphatic carbocycles. The van der Waals surface area contributed by atoms with Gasteiger partial charge >= 0.3 is 0 Å². The van der Waals surface area contributed by atoms with Crippen molar-refractivity contribution in [2.45, 2.75) is 45.1 Å². The molecule has 0 bridgehead atoms. The Hall–Kier alpha value is -1.94. The molecule has 1 N–H and O–H groups in total. The van der Waals surface area contributed by atoms with Crippen molar-refractivity contribution in [3.05, 3.63) is 76.9 Å². The minimum absolute atomic E-state index is 0.596. The van der Waals surface area contributed by atoms with Crippen LogP contribution in [0.2, 0.25) is 0 Å². The number of hydrogen-bond acceptors (Lipinski definition) is 3. The Morgan fingerprint density at radius 1 is 0.871 bits per heavy atom. The highest BCUT2D eigenvalue weighted by Crippen LogP contribution is 2.24. The molecule has 2 saturated heterocycles. The number of nitrogens with one attached hydrogen (secondary N) is 1. The smallest absolute Gasteiger partial charge is 0.0211 e. The number of nitrogens with zero attached hydrogens (tertiary/aromatic N) is 2. The SMILES string of the molecule is CC(CN1CCC(=Cc2ccccc2CNCCN2CCCC2)CC1)c1ccccc1. The molecule has 0 radical (unpaired) electrons. The van der Waals surface area contributed by atoms with Crippen LogP contribution >= 0.6 is 0 Å². The summed E-state index contributed by atoms with van der Waals surface area (Å²) < 4.78 is 0. The zero-order valence-corrected chi connectivity index (χ0v) is 19.2. The Bertz CT molecular complexity index is 813. The summed E-state index contributed by atoms with van der Waals surface area (Å²) in [6.07, 6.45) is 7.60. The molecule has 2 aromatic rings. The zero-order chi connectivity index (χ0) is 21.3. The number of piperidine rings is 1. The Balaban J connectivity index is 1.25. The van der Waals surface area contributed by atoms with Crippen LogP contribution in [0.3, 0.4) is 0 Å². The maximum Gasteiger partial charge on any atom is 0.0211 e. The average molecular weight is 418 g/mol. The van der Waals surface area contributed by atoms with Crippen molar-refractivity contribution in [1.82, 2.24) is 15.1 Å². The molecule has 1 unspecified atom stereocenters. The summed E-state index contributed by atoms with van der Waals surface area (Å²) in [5.41, 5.74) is 5.89. The number of rotatable bonds is 9. The summed E-state index contributed by atoms with van der Waals surface area (Å²) >= 11 is 0. The second-order valence-electron chi connectivity index (χ2n) is 9.34. The molecule has 2 heterocycles. The van der Waals surface area contributed by atoms with Gasteiger partial charge in [0.25, 0.3) is 0 Å². The normalized spacial score (nSPS) is 18.9. The Morgan fingerprint density at radius 2 is 1.58 bits per heavy atom. The second kappa shape index (κ2) is 11.6. The van der Waals surface area contributed by atoms with Crippen molar-refractivity contribution in [3.63, 3.8) is 0 Å². The van der Waals surface area contributed by atoms with Crippen molar-refractivity contribution in [2.75, 3.05) is 45.8 Å². The molecule has 2 aromatic carbocycles. The van der Waals surface area contributed by atoms with Crippen LogP contribution in [0, 0.1) is 0 Å². The highest BCUT2D eigenvalue weighted by atomic mass is 15.1. The Morgan fingerprint density at radius 3 is 2.35 bits per heavy atom. The Kier molecular flexibility index (Phi) is 8.34. The predicted octanol–water partition coefficient (Wildman–Crippen LogP) is 5.15. The van der Waals surface area contributed by atoms with Gasteiger partial charge in [-0.3, -0.25) is 0 Å². The van der Waals surface area contributed by atoms with E-state index in [0.29, 0.717) is 5.92 Å². The Labute approximate surface area is 189 Å². The third-order valence-electron chi connectivity index (χ3n) is 6.93. The zero-order valence-electron chi connectivity index (χ0n) is 19.2. The van der Waals surface area contributed by atoms with E-state index >= 15 is 0 Å². The lowest BCUT2D eigenvalue weighted by Crippen LogP contribution is -2.33. The maximum atomic E-state index is 3.67. The number of likely N-dealkylation sites (tertiary alicyclic amines) is 2. The molecular weight excluding hydrogens is 378 g/mol. The van der Waals surface area contributed by atoms with Gasteiger partial charge in [0, 0.05) is 39.3 Å². The summed E-state index contributed by atoms with van der Waals surface area (Å²) in [5.74, 6) is 0.596. The van der Waals surface area contributed by atoms with Crippen LogP contribution in [0.25, 0.3) is 6.08 Å². The summed E-state index contributed by atoms with van der Waals surface area (Å²) in [7, 11) is 0.